The van der Waals surface area contributed by atoms with Crippen molar-refractivity contribution in [3.05, 3.63) is 34.2 Å². The second-order valence-corrected chi connectivity index (χ2v) is 4.01. The van der Waals surface area contributed by atoms with Gasteiger partial charge in [0, 0.05) is 0 Å². The van der Waals surface area contributed by atoms with Crippen LogP contribution in [0.5, 0.6) is 0 Å². The molecule has 1 aromatic heterocycles. The summed E-state index contributed by atoms with van der Waals surface area (Å²) in [5.41, 5.74) is 7.30. The minimum absolute atomic E-state index is 0.300. The van der Waals surface area contributed by atoms with E-state index in [2.05, 4.69) is 15.3 Å². The van der Waals surface area contributed by atoms with Crippen LogP contribution in [0.1, 0.15) is 11.6 Å². The zero-order chi connectivity index (χ0) is 13.3. The molecule has 0 amide bonds. The number of hydrogen-bond acceptors (Lipinski definition) is 4. The SMILES string of the molecule is CNC(c1ccc2[nH]c(=O)[nH]c2c1)C(N)C(=O)O. The first-order valence-electron chi connectivity index (χ1n) is 5.40. The number of nitrogens with two attached hydrogens (primary N) is 1. The maximum atomic E-state index is 11.1. The summed E-state index contributed by atoms with van der Waals surface area (Å²) in [6, 6.07) is 3.57. The Morgan fingerprint density at radius 3 is 2.67 bits per heavy atom. The molecule has 2 unspecified atom stereocenters. The van der Waals surface area contributed by atoms with E-state index < -0.39 is 18.1 Å². The summed E-state index contributed by atoms with van der Waals surface area (Å²) in [5, 5.41) is 11.8. The topological polar surface area (TPSA) is 124 Å². The molecule has 1 aromatic carbocycles. The number of rotatable bonds is 4. The van der Waals surface area contributed by atoms with Crippen LogP contribution in [-0.2, 0) is 4.79 Å². The van der Waals surface area contributed by atoms with Gasteiger partial charge in [0.05, 0.1) is 17.1 Å². The van der Waals surface area contributed by atoms with E-state index in [1.807, 2.05) is 0 Å². The normalized spacial score (nSPS) is 14.6. The van der Waals surface area contributed by atoms with Gasteiger partial charge in [0.15, 0.2) is 0 Å². The van der Waals surface area contributed by atoms with E-state index in [1.54, 1.807) is 25.2 Å². The molecule has 18 heavy (non-hydrogen) atoms. The number of carboxylic acid groups (broad SMARTS) is 1. The summed E-state index contributed by atoms with van der Waals surface area (Å²) in [6.07, 6.45) is 0. The molecule has 0 fully saturated rings. The molecular formula is C11H14N4O3. The van der Waals surface area contributed by atoms with Crippen molar-refractivity contribution in [3.63, 3.8) is 0 Å². The average molecular weight is 250 g/mol. The molecule has 2 aromatic rings. The summed E-state index contributed by atoms with van der Waals surface area (Å²) < 4.78 is 0. The van der Waals surface area contributed by atoms with Crippen LogP contribution in [0.15, 0.2) is 23.0 Å². The van der Waals surface area contributed by atoms with Crippen LogP contribution in [-0.4, -0.2) is 34.1 Å². The van der Waals surface area contributed by atoms with Crippen LogP contribution in [0.25, 0.3) is 11.0 Å². The quantitative estimate of drug-likeness (QED) is 0.501. The summed E-state index contributed by atoms with van der Waals surface area (Å²) in [5.74, 6) is -1.09. The van der Waals surface area contributed by atoms with Crippen LogP contribution in [0.4, 0.5) is 0 Å². The molecule has 0 bridgehead atoms. The Morgan fingerprint density at radius 2 is 2.06 bits per heavy atom. The van der Waals surface area contributed by atoms with E-state index in [-0.39, 0.29) is 5.69 Å². The smallest absolute Gasteiger partial charge is 0.323 e. The molecule has 0 spiro atoms. The lowest BCUT2D eigenvalue weighted by Gasteiger charge is -2.20. The number of aromatic nitrogens is 2. The Morgan fingerprint density at radius 1 is 1.39 bits per heavy atom. The van der Waals surface area contributed by atoms with Crippen molar-refractivity contribution in [2.45, 2.75) is 12.1 Å². The Hall–Kier alpha value is -2.12. The molecule has 7 nitrogen and oxygen atoms in total. The highest BCUT2D eigenvalue weighted by molar-refractivity contribution is 5.77. The van der Waals surface area contributed by atoms with Crippen molar-refractivity contribution < 1.29 is 9.90 Å². The zero-order valence-electron chi connectivity index (χ0n) is 9.73. The summed E-state index contributed by atoms with van der Waals surface area (Å²) in [6.45, 7) is 0. The van der Waals surface area contributed by atoms with Crippen LogP contribution < -0.4 is 16.7 Å². The van der Waals surface area contributed by atoms with E-state index in [0.29, 0.717) is 16.6 Å². The first-order chi connectivity index (χ1) is 8.52. The van der Waals surface area contributed by atoms with Crippen LogP contribution in [0.2, 0.25) is 0 Å². The van der Waals surface area contributed by atoms with E-state index in [1.165, 1.54) is 0 Å². The Labute approximate surface area is 102 Å². The van der Waals surface area contributed by atoms with Gasteiger partial charge in [0.1, 0.15) is 6.04 Å². The predicted molar refractivity (Wildman–Crippen MR) is 66.3 cm³/mol. The Bertz CT molecular complexity index is 630. The van der Waals surface area contributed by atoms with Gasteiger partial charge in [-0.3, -0.25) is 4.79 Å². The maximum absolute atomic E-state index is 11.1. The fourth-order valence-electron chi connectivity index (χ4n) is 1.94. The number of imidazole rings is 1. The highest BCUT2D eigenvalue weighted by Gasteiger charge is 2.24. The summed E-state index contributed by atoms with van der Waals surface area (Å²) >= 11 is 0. The molecule has 0 radical (unpaired) electrons. The maximum Gasteiger partial charge on any atom is 0.323 e. The van der Waals surface area contributed by atoms with Crippen LogP contribution in [0.3, 0.4) is 0 Å². The third kappa shape index (κ3) is 2.13. The summed E-state index contributed by atoms with van der Waals surface area (Å²) in [7, 11) is 1.64. The van der Waals surface area contributed by atoms with Crippen molar-refractivity contribution in [1.82, 2.24) is 15.3 Å². The molecule has 0 aliphatic heterocycles. The second kappa shape index (κ2) is 4.63. The molecule has 2 atom stereocenters. The number of carboxylic acids is 1. The fourth-order valence-corrected chi connectivity index (χ4v) is 1.94. The number of nitrogens with one attached hydrogen (secondary N) is 3. The number of H-pyrrole nitrogens is 2. The minimum Gasteiger partial charge on any atom is -0.480 e. The predicted octanol–water partition coefficient (Wildman–Crippen LogP) is -0.471. The van der Waals surface area contributed by atoms with E-state index >= 15 is 0 Å². The van der Waals surface area contributed by atoms with Crippen molar-refractivity contribution in [3.8, 4) is 0 Å². The number of aromatic amines is 2. The van der Waals surface area contributed by atoms with Crippen molar-refractivity contribution in [2.75, 3.05) is 7.05 Å². The average Bonchev–Trinajstić information content (AvgIpc) is 2.69. The number of aliphatic carboxylic acids is 1. The lowest BCUT2D eigenvalue weighted by molar-refractivity contribution is -0.139. The number of hydrogen-bond donors (Lipinski definition) is 5. The molecular weight excluding hydrogens is 236 g/mol. The molecule has 7 heteroatoms. The molecule has 6 N–H and O–H groups in total. The Kier molecular flexibility index (Phi) is 3.17. The van der Waals surface area contributed by atoms with Gasteiger partial charge >= 0.3 is 11.7 Å². The van der Waals surface area contributed by atoms with Gasteiger partial charge in [-0.1, -0.05) is 6.07 Å². The highest BCUT2D eigenvalue weighted by Crippen LogP contribution is 2.19. The van der Waals surface area contributed by atoms with Gasteiger partial charge in [-0.25, -0.2) is 4.79 Å². The van der Waals surface area contributed by atoms with E-state index in [0.717, 1.165) is 0 Å². The van der Waals surface area contributed by atoms with Crippen LogP contribution in [0, 0.1) is 0 Å². The standard InChI is InChI=1S/C11H14N4O3/c1-13-9(8(12)10(16)17)5-2-3-6-7(4-5)15-11(18)14-6/h2-4,8-9,13H,12H2,1H3,(H,16,17)(H2,14,15,18). The number of fused-ring (bicyclic) bond motifs is 1. The molecule has 96 valence electrons. The molecule has 0 aliphatic carbocycles. The number of carbonyl (C=O) groups is 1. The van der Waals surface area contributed by atoms with E-state index in [4.69, 9.17) is 10.8 Å². The fraction of sp³-hybridized carbons (Fsp3) is 0.273. The first-order valence-corrected chi connectivity index (χ1v) is 5.40. The number of likely N-dealkylation sites (N-methyl/N-ethyl adjacent to an activating group) is 1. The zero-order valence-corrected chi connectivity index (χ0v) is 9.73. The molecule has 2 rings (SSSR count). The van der Waals surface area contributed by atoms with Crippen LogP contribution >= 0.6 is 0 Å². The molecule has 1 heterocycles. The molecule has 0 saturated carbocycles. The summed E-state index contributed by atoms with van der Waals surface area (Å²) in [4.78, 5) is 27.3. The largest absolute Gasteiger partial charge is 0.480 e. The third-order valence-corrected chi connectivity index (χ3v) is 2.85. The van der Waals surface area contributed by atoms with Gasteiger partial charge in [-0.15, -0.1) is 0 Å². The van der Waals surface area contributed by atoms with Gasteiger partial charge in [0.2, 0.25) is 0 Å². The van der Waals surface area contributed by atoms with Crippen molar-refractivity contribution >= 4 is 17.0 Å². The minimum atomic E-state index is -1.09. The van der Waals surface area contributed by atoms with Gasteiger partial charge < -0.3 is 26.1 Å². The monoisotopic (exact) mass is 250 g/mol. The van der Waals surface area contributed by atoms with E-state index in [9.17, 15) is 9.59 Å². The molecule has 0 aliphatic rings. The van der Waals surface area contributed by atoms with Gasteiger partial charge in [-0.05, 0) is 24.7 Å². The van der Waals surface area contributed by atoms with Crippen molar-refractivity contribution in [2.24, 2.45) is 5.73 Å². The first kappa shape index (κ1) is 12.3. The van der Waals surface area contributed by atoms with Gasteiger partial charge in [0.25, 0.3) is 0 Å². The molecule has 0 saturated heterocycles. The lowest BCUT2D eigenvalue weighted by Crippen LogP contribution is -2.42. The second-order valence-electron chi connectivity index (χ2n) is 4.01. The lowest BCUT2D eigenvalue weighted by atomic mass is 9.99. The van der Waals surface area contributed by atoms with Gasteiger partial charge in [-0.2, -0.15) is 0 Å². The number of benzene rings is 1. The Balaban J connectivity index is 2.44. The van der Waals surface area contributed by atoms with Crippen molar-refractivity contribution in [1.29, 1.82) is 0 Å². The third-order valence-electron chi connectivity index (χ3n) is 2.85. The highest BCUT2D eigenvalue weighted by atomic mass is 16.4.